The van der Waals surface area contributed by atoms with Crippen molar-refractivity contribution >= 4 is 58.7 Å². The molecule has 1 heterocycles. The number of nitrogens with one attached hydrogen (secondary N) is 3. The van der Waals surface area contributed by atoms with E-state index in [1.807, 2.05) is 66.7 Å². The molecule has 0 saturated carbocycles. The van der Waals surface area contributed by atoms with Gasteiger partial charge < -0.3 is 16.0 Å². The molecule has 0 aliphatic carbocycles. The smallest absolute Gasteiger partial charge is 0.272 e. The average Bonchev–Trinajstić information content (AvgIpc) is 3.09. The van der Waals surface area contributed by atoms with E-state index in [1.54, 1.807) is 60.7 Å². The van der Waals surface area contributed by atoms with Crippen molar-refractivity contribution in [1.82, 2.24) is 10.3 Å². The molecule has 0 aliphatic heterocycles. The van der Waals surface area contributed by atoms with E-state index in [9.17, 15) is 14.4 Å². The first-order chi connectivity index (χ1) is 22.7. The first-order valence-corrected chi connectivity index (χ1v) is 16.2. The fourth-order valence-electron chi connectivity index (χ4n) is 4.61. The summed E-state index contributed by atoms with van der Waals surface area (Å²) in [6.07, 6.45) is 3.12. The predicted molar refractivity (Wildman–Crippen MR) is 190 cm³/mol. The zero-order valence-corrected chi connectivity index (χ0v) is 27.4. The van der Waals surface area contributed by atoms with Crippen LogP contribution in [0.1, 0.15) is 52.1 Å². The number of aromatic nitrogens is 1. The minimum atomic E-state index is -0.617. The van der Waals surface area contributed by atoms with Gasteiger partial charge in [0, 0.05) is 22.3 Å². The van der Waals surface area contributed by atoms with Crippen LogP contribution in [-0.4, -0.2) is 22.7 Å². The van der Waals surface area contributed by atoms with Crippen LogP contribution in [0.2, 0.25) is 5.02 Å². The molecule has 9 heteroatoms. The van der Waals surface area contributed by atoms with Crippen molar-refractivity contribution in [3.05, 3.63) is 160 Å². The third kappa shape index (κ3) is 9.42. The van der Waals surface area contributed by atoms with E-state index in [1.165, 1.54) is 23.5 Å². The summed E-state index contributed by atoms with van der Waals surface area (Å²) in [7, 11) is 0. The van der Waals surface area contributed by atoms with E-state index in [4.69, 9.17) is 11.6 Å². The molecular weight excluding hydrogens is 628 g/mol. The molecule has 3 N–H and O–H groups in total. The molecule has 4 aromatic carbocycles. The number of benzene rings is 4. The van der Waals surface area contributed by atoms with Gasteiger partial charge in [-0.15, -0.1) is 11.8 Å². The molecule has 0 bridgehead atoms. The van der Waals surface area contributed by atoms with Crippen molar-refractivity contribution in [3.63, 3.8) is 0 Å². The summed E-state index contributed by atoms with van der Waals surface area (Å²) >= 11 is 7.29. The zero-order valence-electron chi connectivity index (χ0n) is 25.8. The molecule has 0 aliphatic rings. The Morgan fingerprint density at radius 3 is 2.13 bits per heavy atom. The van der Waals surface area contributed by atoms with Crippen molar-refractivity contribution in [2.45, 2.75) is 29.9 Å². The number of thioether (sulfide) groups is 1. The molecule has 0 spiro atoms. The van der Waals surface area contributed by atoms with Crippen LogP contribution in [0.5, 0.6) is 0 Å². The first-order valence-electron chi connectivity index (χ1n) is 15.0. The van der Waals surface area contributed by atoms with Gasteiger partial charge in [-0.05, 0) is 71.1 Å². The first kappa shape index (κ1) is 33.2. The lowest BCUT2D eigenvalue weighted by molar-refractivity contribution is -0.116. The van der Waals surface area contributed by atoms with Crippen LogP contribution in [0.3, 0.4) is 0 Å². The number of rotatable bonds is 11. The van der Waals surface area contributed by atoms with Crippen LogP contribution >= 0.6 is 23.4 Å². The number of hydrogen-bond acceptors (Lipinski definition) is 5. The van der Waals surface area contributed by atoms with Crippen molar-refractivity contribution in [2.75, 3.05) is 10.6 Å². The Kier molecular flexibility index (Phi) is 11.2. The third-order valence-corrected chi connectivity index (χ3v) is 8.58. The van der Waals surface area contributed by atoms with Crippen molar-refractivity contribution in [2.24, 2.45) is 0 Å². The number of pyridine rings is 1. The molecule has 5 aromatic rings. The van der Waals surface area contributed by atoms with E-state index in [2.05, 4.69) is 34.8 Å². The molecule has 0 radical (unpaired) electrons. The molecule has 0 fully saturated rings. The van der Waals surface area contributed by atoms with Crippen LogP contribution in [0.25, 0.3) is 6.08 Å². The standard InChI is InChI=1S/C38H33ClN4O3S/c1-25(2)27-18-16-26(17-19-27)22-33(42-36(44)29-12-7-4-8-13-29)37(45)41-31-14-9-15-32(23-31)47-35(28-10-5-3-6-11-28)38(46)43-34-21-20-30(39)24-40-34/h3-25,35H,1-2H3,(H,41,45)(H,42,44)(H,40,43,46)/b33-22+. The number of nitrogens with zero attached hydrogens (tertiary/aromatic N) is 1. The van der Waals surface area contributed by atoms with Crippen molar-refractivity contribution < 1.29 is 14.4 Å². The summed E-state index contributed by atoms with van der Waals surface area (Å²) in [5, 5.41) is 8.43. The van der Waals surface area contributed by atoms with Gasteiger partial charge in [0.1, 0.15) is 16.8 Å². The van der Waals surface area contributed by atoms with Crippen LogP contribution in [0.4, 0.5) is 11.5 Å². The Balaban J connectivity index is 1.37. The van der Waals surface area contributed by atoms with Gasteiger partial charge >= 0.3 is 0 Å². The molecule has 3 amide bonds. The number of carbonyl (C=O) groups excluding carboxylic acids is 3. The summed E-state index contributed by atoms with van der Waals surface area (Å²) in [6.45, 7) is 4.23. The molecule has 7 nitrogen and oxygen atoms in total. The number of carbonyl (C=O) groups is 3. The molecular formula is C38H33ClN4O3S. The van der Waals surface area contributed by atoms with Crippen LogP contribution in [-0.2, 0) is 9.59 Å². The van der Waals surface area contributed by atoms with E-state index in [-0.39, 0.29) is 11.6 Å². The maximum atomic E-state index is 13.7. The monoisotopic (exact) mass is 660 g/mol. The average molecular weight is 661 g/mol. The molecule has 1 aromatic heterocycles. The van der Waals surface area contributed by atoms with E-state index in [0.29, 0.717) is 28.0 Å². The summed E-state index contributed by atoms with van der Waals surface area (Å²) < 4.78 is 0. The van der Waals surface area contributed by atoms with Crippen LogP contribution in [0.15, 0.2) is 138 Å². The lowest BCUT2D eigenvalue weighted by Crippen LogP contribution is -2.30. The van der Waals surface area contributed by atoms with E-state index >= 15 is 0 Å². The predicted octanol–water partition coefficient (Wildman–Crippen LogP) is 8.74. The number of halogens is 1. The lowest BCUT2D eigenvalue weighted by Gasteiger charge is -2.17. The lowest BCUT2D eigenvalue weighted by atomic mass is 10.0. The molecule has 47 heavy (non-hydrogen) atoms. The Morgan fingerprint density at radius 2 is 1.47 bits per heavy atom. The van der Waals surface area contributed by atoms with Crippen molar-refractivity contribution in [1.29, 1.82) is 0 Å². The molecule has 236 valence electrons. The van der Waals surface area contributed by atoms with Gasteiger partial charge in [0.25, 0.3) is 11.8 Å². The summed E-state index contributed by atoms with van der Waals surface area (Å²) in [5.74, 6) is -0.404. The minimum Gasteiger partial charge on any atom is -0.321 e. The highest BCUT2D eigenvalue weighted by Crippen LogP contribution is 2.37. The van der Waals surface area contributed by atoms with Gasteiger partial charge in [0.15, 0.2) is 0 Å². The van der Waals surface area contributed by atoms with Gasteiger partial charge in [0.2, 0.25) is 5.91 Å². The minimum absolute atomic E-state index is 0.0891. The van der Waals surface area contributed by atoms with Crippen LogP contribution in [0, 0.1) is 0 Å². The molecule has 5 rings (SSSR count). The largest absolute Gasteiger partial charge is 0.321 e. The SMILES string of the molecule is CC(C)c1ccc(/C=C(/NC(=O)c2ccccc2)C(=O)Nc2cccc(SC(C(=O)Nc3ccc(Cl)cn3)c3ccccc3)c2)cc1. The van der Waals surface area contributed by atoms with Crippen molar-refractivity contribution in [3.8, 4) is 0 Å². The summed E-state index contributed by atoms with van der Waals surface area (Å²) in [4.78, 5) is 45.2. The highest BCUT2D eigenvalue weighted by Gasteiger charge is 2.23. The Labute approximate surface area is 283 Å². The zero-order chi connectivity index (χ0) is 33.2. The Bertz CT molecular complexity index is 1860. The molecule has 1 unspecified atom stereocenters. The third-order valence-electron chi connectivity index (χ3n) is 7.11. The Hall–Kier alpha value is -5.18. The fourth-order valence-corrected chi connectivity index (χ4v) is 5.81. The maximum absolute atomic E-state index is 13.7. The summed E-state index contributed by atoms with van der Waals surface area (Å²) in [6, 6.07) is 36.5. The maximum Gasteiger partial charge on any atom is 0.272 e. The van der Waals surface area contributed by atoms with Crippen LogP contribution < -0.4 is 16.0 Å². The normalized spacial score (nSPS) is 11.9. The van der Waals surface area contributed by atoms with Gasteiger partial charge in [-0.3, -0.25) is 14.4 Å². The summed E-state index contributed by atoms with van der Waals surface area (Å²) in [5.41, 5.74) is 3.76. The topological polar surface area (TPSA) is 100 Å². The van der Waals surface area contributed by atoms with Gasteiger partial charge in [0.05, 0.1) is 5.02 Å². The van der Waals surface area contributed by atoms with Gasteiger partial charge in [-0.25, -0.2) is 4.98 Å². The van der Waals surface area contributed by atoms with Gasteiger partial charge in [-0.2, -0.15) is 0 Å². The molecule has 0 saturated heterocycles. The van der Waals surface area contributed by atoms with E-state index in [0.717, 1.165) is 16.0 Å². The molecule has 1 atom stereocenters. The highest BCUT2D eigenvalue weighted by atomic mass is 35.5. The quantitative estimate of drug-likeness (QED) is 0.0972. The van der Waals surface area contributed by atoms with Gasteiger partial charge in [-0.1, -0.05) is 104 Å². The second kappa shape index (κ2) is 15.9. The fraction of sp³-hybridized carbons (Fsp3) is 0.105. The second-order valence-corrected chi connectivity index (χ2v) is 12.6. The number of hydrogen-bond donors (Lipinski definition) is 3. The number of anilines is 2. The number of amides is 3. The highest BCUT2D eigenvalue weighted by molar-refractivity contribution is 8.00. The Morgan fingerprint density at radius 1 is 0.766 bits per heavy atom. The second-order valence-electron chi connectivity index (χ2n) is 10.9. The van der Waals surface area contributed by atoms with E-state index < -0.39 is 17.1 Å².